The van der Waals surface area contributed by atoms with Crippen LogP contribution in [-0.4, -0.2) is 12.2 Å². The second-order valence-corrected chi connectivity index (χ2v) is 4.48. The van der Waals surface area contributed by atoms with Crippen LogP contribution < -0.4 is 4.74 Å². The van der Waals surface area contributed by atoms with Crippen molar-refractivity contribution in [3.8, 4) is 5.75 Å². The molecule has 0 spiro atoms. The number of ether oxygens (including phenoxy) is 1. The molecule has 2 rings (SSSR count). The number of hydrogen-bond donors (Lipinski definition) is 1. The molecule has 1 unspecified atom stereocenters. The highest BCUT2D eigenvalue weighted by molar-refractivity contribution is 5.38. The summed E-state index contributed by atoms with van der Waals surface area (Å²) in [6.45, 7) is 1.90. The molecular weight excluding hydrogens is 188 g/mol. The Kier molecular flexibility index (Phi) is 2.70. The molecule has 1 aliphatic rings. The lowest BCUT2D eigenvalue weighted by Gasteiger charge is -2.39. The normalized spacial score (nSPS) is 20.5. The van der Waals surface area contributed by atoms with E-state index in [1.807, 2.05) is 31.2 Å². The second-order valence-electron chi connectivity index (χ2n) is 4.48. The molecule has 1 aromatic carbocycles. The molecule has 0 aliphatic heterocycles. The molecule has 1 atom stereocenters. The molecule has 0 heterocycles. The lowest BCUT2D eigenvalue weighted by atomic mass is 9.70. The van der Waals surface area contributed by atoms with E-state index >= 15 is 0 Å². The molecule has 15 heavy (non-hydrogen) atoms. The van der Waals surface area contributed by atoms with Gasteiger partial charge < -0.3 is 9.84 Å². The standard InChI is InChI=1S/C13H18O2/c1-13(14,10-6-5-7-10)11-8-3-4-9-12(11)15-2/h3-4,8-10,14H,5-7H2,1-2H3. The highest BCUT2D eigenvalue weighted by Crippen LogP contribution is 2.44. The van der Waals surface area contributed by atoms with Crippen molar-refractivity contribution in [2.45, 2.75) is 31.8 Å². The summed E-state index contributed by atoms with van der Waals surface area (Å²) < 4.78 is 5.29. The minimum atomic E-state index is -0.745. The Morgan fingerprint density at radius 2 is 2.00 bits per heavy atom. The van der Waals surface area contributed by atoms with Gasteiger partial charge in [-0.1, -0.05) is 24.6 Å². The molecule has 1 N–H and O–H groups in total. The van der Waals surface area contributed by atoms with Crippen molar-refractivity contribution in [1.29, 1.82) is 0 Å². The van der Waals surface area contributed by atoms with Gasteiger partial charge in [-0.3, -0.25) is 0 Å². The Balaban J connectivity index is 2.34. The largest absolute Gasteiger partial charge is 0.496 e. The molecule has 0 bridgehead atoms. The zero-order valence-corrected chi connectivity index (χ0v) is 9.36. The highest BCUT2D eigenvalue weighted by Gasteiger charge is 2.39. The number of methoxy groups -OCH3 is 1. The fraction of sp³-hybridized carbons (Fsp3) is 0.538. The van der Waals surface area contributed by atoms with Gasteiger partial charge in [-0.2, -0.15) is 0 Å². The van der Waals surface area contributed by atoms with Crippen molar-refractivity contribution < 1.29 is 9.84 Å². The average Bonchev–Trinajstić information content (AvgIpc) is 2.14. The average molecular weight is 206 g/mol. The summed E-state index contributed by atoms with van der Waals surface area (Å²) in [6.07, 6.45) is 3.46. The van der Waals surface area contributed by atoms with Gasteiger partial charge in [0.2, 0.25) is 0 Å². The van der Waals surface area contributed by atoms with Gasteiger partial charge in [0, 0.05) is 5.56 Å². The van der Waals surface area contributed by atoms with E-state index in [0.29, 0.717) is 5.92 Å². The lowest BCUT2D eigenvalue weighted by Crippen LogP contribution is -2.36. The van der Waals surface area contributed by atoms with E-state index in [1.54, 1.807) is 7.11 Å². The topological polar surface area (TPSA) is 29.5 Å². The van der Waals surface area contributed by atoms with Gasteiger partial charge in [-0.15, -0.1) is 0 Å². The van der Waals surface area contributed by atoms with Gasteiger partial charge in [0.25, 0.3) is 0 Å². The van der Waals surface area contributed by atoms with Crippen LogP contribution in [0.25, 0.3) is 0 Å². The van der Waals surface area contributed by atoms with Crippen LogP contribution in [0.4, 0.5) is 0 Å². The molecule has 1 aromatic rings. The monoisotopic (exact) mass is 206 g/mol. The summed E-state index contributed by atoms with van der Waals surface area (Å²) in [5.41, 5.74) is 0.169. The van der Waals surface area contributed by atoms with Gasteiger partial charge in [0.05, 0.1) is 12.7 Å². The molecular formula is C13H18O2. The second kappa shape index (κ2) is 3.86. The first-order valence-electron chi connectivity index (χ1n) is 5.52. The molecule has 1 saturated carbocycles. The molecule has 1 aliphatic carbocycles. The summed E-state index contributed by atoms with van der Waals surface area (Å²) in [5.74, 6) is 1.17. The third kappa shape index (κ3) is 1.74. The SMILES string of the molecule is COc1ccccc1C(C)(O)C1CCC1. The first-order valence-corrected chi connectivity index (χ1v) is 5.52. The van der Waals surface area contributed by atoms with Crippen LogP contribution in [0.5, 0.6) is 5.75 Å². The molecule has 2 heteroatoms. The van der Waals surface area contributed by atoms with Crippen molar-refractivity contribution in [2.75, 3.05) is 7.11 Å². The molecule has 1 fully saturated rings. The smallest absolute Gasteiger partial charge is 0.124 e. The molecule has 0 aromatic heterocycles. The van der Waals surface area contributed by atoms with E-state index in [0.717, 1.165) is 24.2 Å². The maximum absolute atomic E-state index is 10.5. The van der Waals surface area contributed by atoms with Crippen molar-refractivity contribution in [1.82, 2.24) is 0 Å². The highest BCUT2D eigenvalue weighted by atomic mass is 16.5. The predicted molar refractivity (Wildman–Crippen MR) is 59.9 cm³/mol. The number of para-hydroxylation sites is 1. The van der Waals surface area contributed by atoms with Crippen molar-refractivity contribution in [2.24, 2.45) is 5.92 Å². The number of benzene rings is 1. The van der Waals surface area contributed by atoms with Crippen LogP contribution in [0, 0.1) is 5.92 Å². The Hall–Kier alpha value is -1.02. The first-order chi connectivity index (χ1) is 7.16. The summed E-state index contributed by atoms with van der Waals surface area (Å²) in [6, 6.07) is 7.74. The summed E-state index contributed by atoms with van der Waals surface area (Å²) in [5, 5.41) is 10.5. The van der Waals surface area contributed by atoms with Crippen molar-refractivity contribution >= 4 is 0 Å². The quantitative estimate of drug-likeness (QED) is 0.824. The maximum atomic E-state index is 10.5. The minimum Gasteiger partial charge on any atom is -0.496 e. The van der Waals surface area contributed by atoms with Crippen LogP contribution in [0.2, 0.25) is 0 Å². The van der Waals surface area contributed by atoms with Gasteiger partial charge in [0.1, 0.15) is 5.75 Å². The van der Waals surface area contributed by atoms with Gasteiger partial charge >= 0.3 is 0 Å². The Labute approximate surface area is 90.9 Å². The Bertz CT molecular complexity index is 340. The minimum absolute atomic E-state index is 0.383. The fourth-order valence-electron chi connectivity index (χ4n) is 2.25. The molecule has 0 amide bonds. The van der Waals surface area contributed by atoms with Crippen LogP contribution in [0.15, 0.2) is 24.3 Å². The van der Waals surface area contributed by atoms with Crippen LogP contribution >= 0.6 is 0 Å². The van der Waals surface area contributed by atoms with Gasteiger partial charge in [-0.05, 0) is 31.7 Å². The Morgan fingerprint density at radius 1 is 1.33 bits per heavy atom. The summed E-state index contributed by atoms with van der Waals surface area (Å²) in [4.78, 5) is 0. The van der Waals surface area contributed by atoms with Crippen LogP contribution in [0.1, 0.15) is 31.7 Å². The summed E-state index contributed by atoms with van der Waals surface area (Å²) in [7, 11) is 1.65. The van der Waals surface area contributed by atoms with Gasteiger partial charge in [-0.25, -0.2) is 0 Å². The number of rotatable bonds is 3. The van der Waals surface area contributed by atoms with E-state index < -0.39 is 5.60 Å². The van der Waals surface area contributed by atoms with Crippen molar-refractivity contribution in [3.63, 3.8) is 0 Å². The van der Waals surface area contributed by atoms with E-state index in [2.05, 4.69) is 0 Å². The van der Waals surface area contributed by atoms with Crippen molar-refractivity contribution in [3.05, 3.63) is 29.8 Å². The molecule has 0 saturated heterocycles. The Morgan fingerprint density at radius 3 is 2.53 bits per heavy atom. The van der Waals surface area contributed by atoms with E-state index in [4.69, 9.17) is 4.74 Å². The van der Waals surface area contributed by atoms with E-state index in [9.17, 15) is 5.11 Å². The molecule has 0 radical (unpaired) electrons. The predicted octanol–water partition coefficient (Wildman–Crippen LogP) is 2.70. The van der Waals surface area contributed by atoms with Crippen LogP contribution in [-0.2, 0) is 5.60 Å². The fourth-order valence-corrected chi connectivity index (χ4v) is 2.25. The summed E-state index contributed by atoms with van der Waals surface area (Å²) >= 11 is 0. The lowest BCUT2D eigenvalue weighted by molar-refractivity contribution is -0.0414. The third-order valence-electron chi connectivity index (χ3n) is 3.55. The van der Waals surface area contributed by atoms with Crippen LogP contribution in [0.3, 0.4) is 0 Å². The van der Waals surface area contributed by atoms with E-state index in [-0.39, 0.29) is 0 Å². The van der Waals surface area contributed by atoms with Gasteiger partial charge in [0.15, 0.2) is 0 Å². The van der Waals surface area contributed by atoms with E-state index in [1.165, 1.54) is 6.42 Å². The molecule has 82 valence electrons. The number of hydrogen-bond acceptors (Lipinski definition) is 2. The zero-order valence-electron chi connectivity index (χ0n) is 9.36. The maximum Gasteiger partial charge on any atom is 0.124 e. The first kappa shape index (κ1) is 10.5. The zero-order chi connectivity index (χ0) is 10.9. The molecule has 2 nitrogen and oxygen atoms in total. The third-order valence-corrected chi connectivity index (χ3v) is 3.55. The number of aliphatic hydroxyl groups is 1.